The number of amides is 2. The first-order valence-electron chi connectivity index (χ1n) is 12.6. The van der Waals surface area contributed by atoms with E-state index < -0.39 is 18.0 Å². The summed E-state index contributed by atoms with van der Waals surface area (Å²) in [5.41, 5.74) is 4.71. The molecule has 0 radical (unpaired) electrons. The van der Waals surface area contributed by atoms with Crippen LogP contribution in [0.3, 0.4) is 0 Å². The molecule has 1 heterocycles. The Balaban J connectivity index is 1.15. The highest BCUT2D eigenvalue weighted by molar-refractivity contribution is 5.81. The van der Waals surface area contributed by atoms with Crippen LogP contribution in [0, 0.1) is 11.8 Å². The van der Waals surface area contributed by atoms with Crippen molar-refractivity contribution in [1.82, 2.24) is 10.2 Å². The fourth-order valence-electron chi connectivity index (χ4n) is 6.16. The second-order valence-electron chi connectivity index (χ2n) is 10.0. The molecule has 0 aromatic heterocycles. The maximum atomic E-state index is 13.1. The van der Waals surface area contributed by atoms with Gasteiger partial charge in [0.2, 0.25) is 5.91 Å². The van der Waals surface area contributed by atoms with Gasteiger partial charge in [-0.2, -0.15) is 0 Å². The molecule has 1 saturated heterocycles. The van der Waals surface area contributed by atoms with E-state index in [1.807, 2.05) is 31.2 Å². The molecule has 0 spiro atoms. The summed E-state index contributed by atoms with van der Waals surface area (Å²) in [6.07, 6.45) is 2.82. The molecule has 2 aromatic carbocycles. The van der Waals surface area contributed by atoms with E-state index in [1.54, 1.807) is 4.90 Å². The van der Waals surface area contributed by atoms with Gasteiger partial charge < -0.3 is 20.1 Å². The summed E-state index contributed by atoms with van der Waals surface area (Å²) >= 11 is 0. The summed E-state index contributed by atoms with van der Waals surface area (Å²) in [4.78, 5) is 39.0. The average Bonchev–Trinajstić information content (AvgIpc) is 3.45. The van der Waals surface area contributed by atoms with Crippen LogP contribution in [0.25, 0.3) is 11.1 Å². The van der Waals surface area contributed by atoms with Crippen LogP contribution in [0.15, 0.2) is 48.5 Å². The highest BCUT2D eigenvalue weighted by Gasteiger charge is 2.40. The Morgan fingerprint density at radius 1 is 1.00 bits per heavy atom. The minimum Gasteiger partial charge on any atom is -0.481 e. The summed E-state index contributed by atoms with van der Waals surface area (Å²) in [6.45, 7) is 2.69. The minimum atomic E-state index is -0.837. The van der Waals surface area contributed by atoms with Crippen molar-refractivity contribution in [2.24, 2.45) is 11.8 Å². The maximum Gasteiger partial charge on any atom is 0.407 e. The number of nitrogens with zero attached hydrogens (tertiary/aromatic N) is 1. The van der Waals surface area contributed by atoms with Gasteiger partial charge in [-0.15, -0.1) is 0 Å². The lowest BCUT2D eigenvalue weighted by atomic mass is 9.89. The quantitative estimate of drug-likeness (QED) is 0.667. The Morgan fingerprint density at radius 2 is 1.66 bits per heavy atom. The molecular formula is C28H32N2O5. The number of carbonyl (C=O) groups is 3. The first-order chi connectivity index (χ1) is 16.9. The van der Waals surface area contributed by atoms with E-state index >= 15 is 0 Å². The van der Waals surface area contributed by atoms with E-state index in [9.17, 15) is 19.5 Å². The number of alkyl carbamates (subject to hydrolysis) is 1. The van der Waals surface area contributed by atoms with Crippen molar-refractivity contribution in [3.63, 3.8) is 0 Å². The number of fused-ring (bicyclic) bond motifs is 3. The fraction of sp³-hybridized carbons (Fsp3) is 0.464. The number of aliphatic carboxylic acids is 1. The predicted molar refractivity (Wildman–Crippen MR) is 131 cm³/mol. The molecule has 2 fully saturated rings. The van der Waals surface area contributed by atoms with E-state index in [-0.39, 0.29) is 36.4 Å². The molecule has 35 heavy (non-hydrogen) atoms. The molecule has 2 N–H and O–H groups in total. The van der Waals surface area contributed by atoms with Crippen molar-refractivity contribution in [2.45, 2.75) is 57.0 Å². The molecule has 4 atom stereocenters. The van der Waals surface area contributed by atoms with E-state index in [0.29, 0.717) is 38.6 Å². The van der Waals surface area contributed by atoms with Crippen LogP contribution >= 0.6 is 0 Å². The lowest BCUT2D eigenvalue weighted by Gasteiger charge is -2.38. The molecular weight excluding hydrogens is 444 g/mol. The van der Waals surface area contributed by atoms with Crippen LogP contribution < -0.4 is 5.32 Å². The van der Waals surface area contributed by atoms with E-state index in [0.717, 1.165) is 0 Å². The van der Waals surface area contributed by atoms with Crippen LogP contribution in [0.4, 0.5) is 4.79 Å². The standard InChI is InChI=1S/C28H32N2O5/c1-17-20(27(32)33)11-6-14-30(17)26(31)18-12-13-19(15-18)29-28(34)35-16-25-23-9-4-2-7-21(23)22-8-3-5-10-24(22)25/h2-5,7-10,17-20,25H,6,11-16H2,1H3,(H,29,34)(H,32,33)/t17-,18?,19?,20-/m1/s1. The Bertz CT molecular complexity index is 1090. The van der Waals surface area contributed by atoms with Gasteiger partial charge in [0.15, 0.2) is 0 Å². The Hall–Kier alpha value is -3.35. The van der Waals surface area contributed by atoms with Crippen molar-refractivity contribution in [1.29, 1.82) is 0 Å². The number of carboxylic acid groups (broad SMARTS) is 1. The van der Waals surface area contributed by atoms with Gasteiger partial charge in [-0.3, -0.25) is 9.59 Å². The molecule has 2 aromatic rings. The van der Waals surface area contributed by atoms with Gasteiger partial charge >= 0.3 is 12.1 Å². The number of hydrogen-bond donors (Lipinski definition) is 2. The molecule has 2 aliphatic carbocycles. The van der Waals surface area contributed by atoms with Crippen molar-refractivity contribution in [2.75, 3.05) is 13.2 Å². The number of carbonyl (C=O) groups excluding carboxylic acids is 2. The molecule has 2 amide bonds. The van der Waals surface area contributed by atoms with E-state index in [4.69, 9.17) is 4.74 Å². The number of hydrogen-bond acceptors (Lipinski definition) is 4. The van der Waals surface area contributed by atoms with Crippen LogP contribution in [-0.4, -0.2) is 53.2 Å². The van der Waals surface area contributed by atoms with E-state index in [1.165, 1.54) is 22.3 Å². The normalized spacial score (nSPS) is 25.6. The van der Waals surface area contributed by atoms with Crippen LogP contribution in [0.5, 0.6) is 0 Å². The summed E-state index contributed by atoms with van der Waals surface area (Å²) in [5, 5.41) is 12.4. The number of piperidine rings is 1. The molecule has 5 rings (SSSR count). The number of carboxylic acids is 1. The molecule has 1 saturated carbocycles. The lowest BCUT2D eigenvalue weighted by Crippen LogP contribution is -2.51. The van der Waals surface area contributed by atoms with Crippen molar-refractivity contribution in [3.05, 3.63) is 59.7 Å². The molecule has 7 heteroatoms. The number of likely N-dealkylation sites (tertiary alicyclic amines) is 1. The SMILES string of the molecule is C[C@@H]1[C@H](C(=O)O)CCCN1C(=O)C1CCC(NC(=O)OCC2c3ccccc3-c3ccccc32)C1. The first-order valence-corrected chi connectivity index (χ1v) is 12.6. The Kier molecular flexibility index (Phi) is 6.50. The molecule has 3 aliphatic rings. The molecule has 184 valence electrons. The number of nitrogens with one attached hydrogen (secondary N) is 1. The highest BCUT2D eigenvalue weighted by atomic mass is 16.5. The Morgan fingerprint density at radius 3 is 2.31 bits per heavy atom. The fourth-order valence-corrected chi connectivity index (χ4v) is 6.16. The number of ether oxygens (including phenoxy) is 1. The minimum absolute atomic E-state index is 0.00817. The molecule has 7 nitrogen and oxygen atoms in total. The van der Waals surface area contributed by atoms with Crippen molar-refractivity contribution < 1.29 is 24.2 Å². The van der Waals surface area contributed by atoms with Crippen LogP contribution in [0.2, 0.25) is 0 Å². The number of rotatable bonds is 5. The van der Waals surface area contributed by atoms with E-state index in [2.05, 4.69) is 29.6 Å². The molecule has 2 unspecified atom stereocenters. The highest BCUT2D eigenvalue weighted by Crippen LogP contribution is 2.44. The Labute approximate surface area is 205 Å². The third kappa shape index (κ3) is 4.51. The molecule has 0 bridgehead atoms. The summed E-state index contributed by atoms with van der Waals surface area (Å²) in [6, 6.07) is 16.0. The van der Waals surface area contributed by atoms with Gasteiger partial charge in [-0.05, 0) is 61.3 Å². The largest absolute Gasteiger partial charge is 0.481 e. The van der Waals surface area contributed by atoms with Crippen molar-refractivity contribution in [3.8, 4) is 11.1 Å². The van der Waals surface area contributed by atoms with Gasteiger partial charge in [0.25, 0.3) is 0 Å². The topological polar surface area (TPSA) is 95.9 Å². The van der Waals surface area contributed by atoms with Gasteiger partial charge in [-0.1, -0.05) is 48.5 Å². The summed E-state index contributed by atoms with van der Waals surface area (Å²) < 4.78 is 5.66. The maximum absolute atomic E-state index is 13.1. The van der Waals surface area contributed by atoms with Crippen LogP contribution in [-0.2, 0) is 14.3 Å². The molecule has 1 aliphatic heterocycles. The van der Waals surface area contributed by atoms with Crippen molar-refractivity contribution >= 4 is 18.0 Å². The van der Waals surface area contributed by atoms with Gasteiger partial charge in [0.1, 0.15) is 6.61 Å². The second kappa shape index (κ2) is 9.72. The zero-order chi connectivity index (χ0) is 24.5. The lowest BCUT2D eigenvalue weighted by molar-refractivity contribution is -0.150. The van der Waals surface area contributed by atoms with Gasteiger partial charge in [-0.25, -0.2) is 4.79 Å². The zero-order valence-electron chi connectivity index (χ0n) is 20.0. The third-order valence-corrected chi connectivity index (χ3v) is 8.04. The smallest absolute Gasteiger partial charge is 0.407 e. The van der Waals surface area contributed by atoms with Crippen LogP contribution in [0.1, 0.15) is 56.1 Å². The second-order valence-corrected chi connectivity index (χ2v) is 10.0. The van der Waals surface area contributed by atoms with Gasteiger partial charge in [0.05, 0.1) is 5.92 Å². The average molecular weight is 477 g/mol. The first kappa shape index (κ1) is 23.4. The predicted octanol–water partition coefficient (Wildman–Crippen LogP) is 4.41. The monoisotopic (exact) mass is 476 g/mol. The number of benzene rings is 2. The van der Waals surface area contributed by atoms with Gasteiger partial charge in [0, 0.05) is 30.5 Å². The third-order valence-electron chi connectivity index (χ3n) is 8.04. The summed E-state index contributed by atoms with van der Waals surface area (Å²) in [5.74, 6) is -1.52. The zero-order valence-corrected chi connectivity index (χ0v) is 20.0. The summed E-state index contributed by atoms with van der Waals surface area (Å²) in [7, 11) is 0.